The fraction of sp³-hybridized carbons (Fsp3) is 0.654. The third kappa shape index (κ3) is 29.2. The van der Waals surface area contributed by atoms with E-state index < -0.39 is 83.7 Å². The lowest BCUT2D eigenvalue weighted by Gasteiger charge is -2.21. The number of carbonyl (C=O) groups is 2. The van der Waals surface area contributed by atoms with Gasteiger partial charge in [-0.2, -0.15) is 9.29 Å². The minimum absolute atomic E-state index is 0.0379. The van der Waals surface area contributed by atoms with Crippen molar-refractivity contribution in [2.45, 2.75) is 198 Å². The molecule has 0 bridgehead atoms. The molecule has 3 rings (SSSR count). The number of aliphatic hydroxyl groups is 2. The van der Waals surface area contributed by atoms with Gasteiger partial charge in [0.05, 0.1) is 25.4 Å². The van der Waals surface area contributed by atoms with Crippen molar-refractivity contribution in [3.8, 4) is 0 Å². The lowest BCUT2D eigenvalue weighted by molar-refractivity contribution is -0.161. The molecular formula is C52H83N3O16P2. The van der Waals surface area contributed by atoms with Crippen LogP contribution in [0.15, 0.2) is 90.0 Å². The molecule has 2 aliphatic rings. The van der Waals surface area contributed by atoms with Crippen molar-refractivity contribution in [2.24, 2.45) is 0 Å². The Labute approximate surface area is 431 Å². The van der Waals surface area contributed by atoms with E-state index >= 15 is 0 Å². The van der Waals surface area contributed by atoms with Crippen LogP contribution in [-0.2, 0) is 51.0 Å². The van der Waals surface area contributed by atoms with E-state index in [1.807, 2.05) is 24.3 Å². The fourth-order valence-electron chi connectivity index (χ4n) is 7.53. The smallest absolute Gasteiger partial charge is 0.462 e. The van der Waals surface area contributed by atoms with Crippen LogP contribution in [0.5, 0.6) is 0 Å². The van der Waals surface area contributed by atoms with Crippen molar-refractivity contribution < 1.29 is 71.0 Å². The Morgan fingerprint density at radius 1 is 0.685 bits per heavy atom. The number of phosphoric acid groups is 2. The van der Waals surface area contributed by atoms with Crippen molar-refractivity contribution in [1.82, 2.24) is 9.55 Å². The summed E-state index contributed by atoms with van der Waals surface area (Å²) in [5.41, 5.74) is 4.58. The van der Waals surface area contributed by atoms with E-state index in [0.29, 0.717) is 37.9 Å². The molecule has 412 valence electrons. The van der Waals surface area contributed by atoms with Crippen LogP contribution >= 0.6 is 15.6 Å². The van der Waals surface area contributed by atoms with Crippen molar-refractivity contribution in [3.05, 3.63) is 95.7 Å². The van der Waals surface area contributed by atoms with Crippen LogP contribution in [0, 0.1) is 0 Å². The molecule has 2 saturated heterocycles. The van der Waals surface area contributed by atoms with E-state index in [-0.39, 0.29) is 18.7 Å². The zero-order chi connectivity index (χ0) is 53.2. The SMILES string of the molecule is CCCCCCCC/C=C\C/C=C\C/C=C\CCCC(=O)OC[C@H](COP(=O)(O)OP(=O)(O)OC[C@H]1O[C@@H](n2ccc(N)nc2=O)[C@H](O)[C@@H]1O)OC(=O)CCC/C=C\C/C=C\C/C=C\CC1OC1CCCCC. The molecule has 0 radical (unpaired) electrons. The molecule has 4 unspecified atom stereocenters. The van der Waals surface area contributed by atoms with Gasteiger partial charge in [-0.25, -0.2) is 13.9 Å². The molecule has 0 spiro atoms. The first-order valence-corrected chi connectivity index (χ1v) is 29.1. The normalized spacial score (nSPS) is 22.3. The van der Waals surface area contributed by atoms with E-state index in [0.717, 1.165) is 55.7 Å². The Bertz CT molecular complexity index is 2080. The molecule has 0 aliphatic carbocycles. The summed E-state index contributed by atoms with van der Waals surface area (Å²) in [7, 11) is -10.9. The number of esters is 2. The van der Waals surface area contributed by atoms with Gasteiger partial charge in [0.1, 0.15) is 30.7 Å². The number of unbranched alkanes of at least 4 members (excludes halogenated alkanes) is 10. The predicted octanol–water partition coefficient (Wildman–Crippen LogP) is 9.88. The van der Waals surface area contributed by atoms with Gasteiger partial charge >= 0.3 is 33.3 Å². The standard InChI is InChI=1S/C52H83N3O16P2/c1-3-5-7-8-9-10-11-12-13-14-15-16-17-21-24-27-31-35-47(56)65-39-42(68-48(57)36-32-28-25-22-19-18-20-23-26-30-34-44-43(69-44)33-29-6-4-2)40-66-72(61,62)71-73(63,64)67-41-45-49(58)50(59)51(70-45)55-38-37-46(53)54-52(55)60/h12-13,15-16,18,20-22,24-26,30,37-38,42-45,49-51,58-59H,3-11,14,17,19,23,27-29,31-36,39-41H2,1-2H3,(H,61,62)(H,63,64)(H2,53,54,60)/b13-12-,16-15-,20-18-,24-21-,25-22-,30-26-/t42-,43?,44?,45-,49-,50-,51-/m1/s1. The highest BCUT2D eigenvalue weighted by molar-refractivity contribution is 7.61. The third-order valence-electron chi connectivity index (χ3n) is 11.7. The minimum atomic E-state index is -5.45. The van der Waals surface area contributed by atoms with Crippen LogP contribution < -0.4 is 11.4 Å². The number of hydrogen-bond acceptors (Lipinski definition) is 16. The maximum Gasteiger partial charge on any atom is 0.481 e. The highest BCUT2D eigenvalue weighted by Gasteiger charge is 2.46. The molecule has 9 atom stereocenters. The van der Waals surface area contributed by atoms with Crippen molar-refractivity contribution in [1.29, 1.82) is 0 Å². The Balaban J connectivity index is 1.42. The molecule has 19 nitrogen and oxygen atoms in total. The summed E-state index contributed by atoms with van der Waals surface area (Å²) in [6.45, 7) is 2.01. The number of hydrogen-bond donors (Lipinski definition) is 5. The highest BCUT2D eigenvalue weighted by Crippen LogP contribution is 2.60. The lowest BCUT2D eigenvalue weighted by atomic mass is 10.1. The van der Waals surface area contributed by atoms with Crippen LogP contribution in [0.3, 0.4) is 0 Å². The topological polar surface area (TPSA) is 278 Å². The van der Waals surface area contributed by atoms with Gasteiger partial charge in [-0.1, -0.05) is 138 Å². The van der Waals surface area contributed by atoms with Crippen molar-refractivity contribution in [3.63, 3.8) is 0 Å². The summed E-state index contributed by atoms with van der Waals surface area (Å²) in [5.74, 6) is -1.44. The monoisotopic (exact) mass is 1070 g/mol. The number of aliphatic hydroxyl groups excluding tert-OH is 2. The van der Waals surface area contributed by atoms with E-state index in [1.165, 1.54) is 63.9 Å². The predicted molar refractivity (Wildman–Crippen MR) is 279 cm³/mol. The molecule has 2 aliphatic heterocycles. The number of carbonyl (C=O) groups excluding carboxylic acids is 2. The molecule has 21 heteroatoms. The zero-order valence-electron chi connectivity index (χ0n) is 42.9. The first-order chi connectivity index (χ1) is 35.1. The molecule has 6 N–H and O–H groups in total. The number of rotatable bonds is 41. The number of allylic oxidation sites excluding steroid dienone is 11. The molecule has 73 heavy (non-hydrogen) atoms. The summed E-state index contributed by atoms with van der Waals surface area (Å²) in [6, 6.07) is 1.24. The van der Waals surface area contributed by atoms with Gasteiger partial charge in [0.25, 0.3) is 0 Å². The summed E-state index contributed by atoms with van der Waals surface area (Å²) in [5, 5.41) is 20.9. The second-order valence-corrected chi connectivity index (χ2v) is 21.1. The molecule has 1 aromatic heterocycles. The number of phosphoric ester groups is 2. The highest BCUT2D eigenvalue weighted by atomic mass is 31.3. The van der Waals surface area contributed by atoms with E-state index in [4.69, 9.17) is 33.7 Å². The molecule has 0 amide bonds. The van der Waals surface area contributed by atoms with Crippen molar-refractivity contribution in [2.75, 3.05) is 25.6 Å². The Kier molecular flexibility index (Phi) is 32.2. The Morgan fingerprint density at radius 2 is 1.23 bits per heavy atom. The lowest BCUT2D eigenvalue weighted by Crippen LogP contribution is -2.36. The van der Waals surface area contributed by atoms with Crippen LogP contribution in [0.25, 0.3) is 0 Å². The van der Waals surface area contributed by atoms with E-state index in [9.17, 15) is 43.5 Å². The largest absolute Gasteiger partial charge is 0.481 e. The maximum absolute atomic E-state index is 12.9. The van der Waals surface area contributed by atoms with Crippen LogP contribution in [0.4, 0.5) is 5.82 Å². The van der Waals surface area contributed by atoms with Gasteiger partial charge in [-0.3, -0.25) is 23.2 Å². The summed E-state index contributed by atoms with van der Waals surface area (Å²) < 4.78 is 62.4. The second kappa shape index (κ2) is 37.0. The van der Waals surface area contributed by atoms with Crippen LogP contribution in [-0.4, -0.2) is 97.9 Å². The van der Waals surface area contributed by atoms with Crippen LogP contribution in [0.1, 0.15) is 161 Å². The fourth-order valence-corrected chi connectivity index (χ4v) is 9.64. The number of epoxide rings is 1. The van der Waals surface area contributed by atoms with Gasteiger partial charge in [-0.15, -0.1) is 0 Å². The van der Waals surface area contributed by atoms with E-state index in [1.54, 1.807) is 0 Å². The van der Waals surface area contributed by atoms with Gasteiger partial charge < -0.3 is 44.7 Å². The number of nitrogens with zero attached hydrogens (tertiary/aromatic N) is 2. The number of anilines is 1. The molecule has 0 aromatic carbocycles. The van der Waals surface area contributed by atoms with Crippen LogP contribution in [0.2, 0.25) is 0 Å². The average Bonchev–Trinajstić information content (AvgIpc) is 4.04. The first kappa shape index (κ1) is 63.5. The summed E-state index contributed by atoms with van der Waals surface area (Å²) in [6.07, 6.45) is 38.9. The first-order valence-electron chi connectivity index (χ1n) is 26.1. The van der Waals surface area contributed by atoms with Gasteiger partial charge in [0.2, 0.25) is 0 Å². The van der Waals surface area contributed by atoms with Gasteiger partial charge in [0, 0.05) is 19.0 Å². The Hall–Kier alpha value is -3.84. The third-order valence-corrected chi connectivity index (χ3v) is 14.3. The van der Waals surface area contributed by atoms with Crippen molar-refractivity contribution >= 4 is 33.4 Å². The number of ether oxygens (including phenoxy) is 4. The average molecular weight is 1070 g/mol. The Morgan fingerprint density at radius 3 is 1.86 bits per heavy atom. The van der Waals surface area contributed by atoms with E-state index in [2.05, 4.69) is 71.8 Å². The summed E-state index contributed by atoms with van der Waals surface area (Å²) in [4.78, 5) is 61.9. The zero-order valence-corrected chi connectivity index (χ0v) is 44.6. The minimum Gasteiger partial charge on any atom is -0.462 e. The van der Waals surface area contributed by atoms with Gasteiger partial charge in [0.15, 0.2) is 12.3 Å². The molecule has 3 heterocycles. The molecule has 0 saturated carbocycles. The number of aromatic nitrogens is 2. The van der Waals surface area contributed by atoms with Gasteiger partial charge in [-0.05, 0) is 83.1 Å². The number of nitrogens with two attached hydrogens (primary N) is 1. The maximum atomic E-state index is 12.9. The number of nitrogen functional groups attached to an aromatic ring is 1. The molecular weight excluding hydrogens is 985 g/mol. The second-order valence-electron chi connectivity index (χ2n) is 18.1. The molecule has 1 aromatic rings. The molecule has 2 fully saturated rings. The summed E-state index contributed by atoms with van der Waals surface area (Å²) >= 11 is 0. The quantitative estimate of drug-likeness (QED) is 0.0134.